The molecule has 2 heteroatoms. The van der Waals surface area contributed by atoms with Crippen molar-refractivity contribution in [1.82, 2.24) is 0 Å². The maximum absolute atomic E-state index is 9.29. The van der Waals surface area contributed by atoms with Crippen LogP contribution >= 0.6 is 0 Å². The van der Waals surface area contributed by atoms with Gasteiger partial charge in [0.05, 0.1) is 6.10 Å². The van der Waals surface area contributed by atoms with Crippen molar-refractivity contribution in [1.29, 1.82) is 0 Å². The summed E-state index contributed by atoms with van der Waals surface area (Å²) in [6.45, 7) is 8.12. The molecule has 10 heavy (non-hydrogen) atoms. The predicted octanol–water partition coefficient (Wildman–Crippen LogP) is 0.764. The Morgan fingerprint density at radius 2 is 2.10 bits per heavy atom. The van der Waals surface area contributed by atoms with Crippen LogP contribution in [0.2, 0.25) is 0 Å². The van der Waals surface area contributed by atoms with Gasteiger partial charge < -0.3 is 10.8 Å². The summed E-state index contributed by atoms with van der Waals surface area (Å²) in [6, 6.07) is 0. The highest BCUT2D eigenvalue weighted by atomic mass is 16.3. The number of hydrogen-bond acceptors (Lipinski definition) is 2. The van der Waals surface area contributed by atoms with Crippen molar-refractivity contribution < 1.29 is 5.11 Å². The second-order valence-electron chi connectivity index (χ2n) is 2.87. The summed E-state index contributed by atoms with van der Waals surface area (Å²) in [5, 5.41) is 9.29. The molecule has 0 aliphatic rings. The van der Waals surface area contributed by atoms with Crippen LogP contribution < -0.4 is 5.73 Å². The van der Waals surface area contributed by atoms with Crippen molar-refractivity contribution in [2.24, 2.45) is 17.6 Å². The van der Waals surface area contributed by atoms with Crippen molar-refractivity contribution in [3.63, 3.8) is 0 Å². The monoisotopic (exact) mass is 143 g/mol. The third-order valence-corrected chi connectivity index (χ3v) is 1.81. The molecule has 2 atom stereocenters. The van der Waals surface area contributed by atoms with Crippen molar-refractivity contribution in [2.45, 2.75) is 20.0 Å². The Labute approximate surface area is 62.7 Å². The van der Waals surface area contributed by atoms with Crippen LogP contribution in [0.25, 0.3) is 0 Å². The van der Waals surface area contributed by atoms with Crippen LogP contribution in [0.15, 0.2) is 12.7 Å². The van der Waals surface area contributed by atoms with E-state index in [1.807, 2.05) is 13.8 Å². The van der Waals surface area contributed by atoms with E-state index in [1.54, 1.807) is 0 Å². The Hall–Kier alpha value is -0.340. The topological polar surface area (TPSA) is 46.2 Å². The molecule has 0 aliphatic heterocycles. The molecule has 0 saturated carbocycles. The lowest BCUT2D eigenvalue weighted by molar-refractivity contribution is 0.128. The zero-order valence-corrected chi connectivity index (χ0v) is 6.75. The van der Waals surface area contributed by atoms with E-state index in [9.17, 15) is 5.11 Å². The quantitative estimate of drug-likeness (QED) is 0.571. The lowest BCUT2D eigenvalue weighted by atomic mass is 9.90. The fourth-order valence-electron chi connectivity index (χ4n) is 0.981. The van der Waals surface area contributed by atoms with E-state index < -0.39 is 6.10 Å². The smallest absolute Gasteiger partial charge is 0.0760 e. The van der Waals surface area contributed by atoms with Gasteiger partial charge in [0.25, 0.3) is 0 Å². The van der Waals surface area contributed by atoms with Gasteiger partial charge in [0, 0.05) is 5.92 Å². The van der Waals surface area contributed by atoms with Crippen LogP contribution in [0.4, 0.5) is 0 Å². The van der Waals surface area contributed by atoms with Gasteiger partial charge >= 0.3 is 0 Å². The molecule has 2 nitrogen and oxygen atoms in total. The van der Waals surface area contributed by atoms with Gasteiger partial charge in [-0.15, -0.1) is 6.58 Å². The Balaban J connectivity index is 3.92. The molecule has 0 fully saturated rings. The molecule has 60 valence electrons. The molecular formula is C8H17NO. The molecule has 0 aromatic carbocycles. The molecule has 0 heterocycles. The molecule has 0 spiro atoms. The highest BCUT2D eigenvalue weighted by Crippen LogP contribution is 2.14. The van der Waals surface area contributed by atoms with Crippen LogP contribution in [0.5, 0.6) is 0 Å². The zero-order valence-electron chi connectivity index (χ0n) is 6.75. The summed E-state index contributed by atoms with van der Waals surface area (Å²) in [5.41, 5.74) is 5.44. The number of nitrogens with two attached hydrogens (primary N) is 1. The van der Waals surface area contributed by atoms with Crippen LogP contribution in [0, 0.1) is 11.8 Å². The molecule has 0 aromatic rings. The third-order valence-electron chi connectivity index (χ3n) is 1.81. The highest BCUT2D eigenvalue weighted by Gasteiger charge is 2.17. The molecule has 0 aromatic heterocycles. The van der Waals surface area contributed by atoms with E-state index in [-0.39, 0.29) is 5.92 Å². The summed E-state index contributed by atoms with van der Waals surface area (Å²) >= 11 is 0. The van der Waals surface area contributed by atoms with Gasteiger partial charge in [0.1, 0.15) is 0 Å². The van der Waals surface area contributed by atoms with Crippen LogP contribution in [0.3, 0.4) is 0 Å². The minimum Gasteiger partial charge on any atom is -0.389 e. The predicted molar refractivity (Wildman–Crippen MR) is 43.6 cm³/mol. The standard InChI is InChI=1S/C8H17NO/c1-4-8(10)7(5-9)6(2)3/h4,6-8,10H,1,5,9H2,2-3H3. The molecule has 0 saturated heterocycles. The van der Waals surface area contributed by atoms with E-state index in [1.165, 1.54) is 6.08 Å². The van der Waals surface area contributed by atoms with Crippen molar-refractivity contribution >= 4 is 0 Å². The fourth-order valence-corrected chi connectivity index (χ4v) is 0.981. The first-order valence-electron chi connectivity index (χ1n) is 3.64. The summed E-state index contributed by atoms with van der Waals surface area (Å²) < 4.78 is 0. The van der Waals surface area contributed by atoms with E-state index in [4.69, 9.17) is 5.73 Å². The number of aliphatic hydroxyl groups is 1. The summed E-state index contributed by atoms with van der Waals surface area (Å²) in [5.74, 6) is 0.565. The van der Waals surface area contributed by atoms with Gasteiger partial charge in [-0.3, -0.25) is 0 Å². The van der Waals surface area contributed by atoms with E-state index >= 15 is 0 Å². The summed E-state index contributed by atoms with van der Waals surface area (Å²) in [6.07, 6.45) is 1.09. The zero-order chi connectivity index (χ0) is 8.15. The Morgan fingerprint density at radius 3 is 2.20 bits per heavy atom. The molecular weight excluding hydrogens is 126 g/mol. The Morgan fingerprint density at radius 1 is 1.60 bits per heavy atom. The molecule has 0 bridgehead atoms. The largest absolute Gasteiger partial charge is 0.389 e. The van der Waals surface area contributed by atoms with Gasteiger partial charge in [-0.2, -0.15) is 0 Å². The second-order valence-corrected chi connectivity index (χ2v) is 2.87. The molecule has 3 N–H and O–H groups in total. The van der Waals surface area contributed by atoms with Gasteiger partial charge in [-0.05, 0) is 12.5 Å². The Bertz CT molecular complexity index is 101. The summed E-state index contributed by atoms with van der Waals surface area (Å²) in [4.78, 5) is 0. The van der Waals surface area contributed by atoms with Gasteiger partial charge in [-0.25, -0.2) is 0 Å². The van der Waals surface area contributed by atoms with E-state index in [0.717, 1.165) is 0 Å². The van der Waals surface area contributed by atoms with Crippen molar-refractivity contribution in [3.05, 3.63) is 12.7 Å². The SMILES string of the molecule is C=CC(O)C(CN)C(C)C. The van der Waals surface area contributed by atoms with E-state index in [0.29, 0.717) is 12.5 Å². The first-order chi connectivity index (χ1) is 4.63. The molecule has 0 rings (SSSR count). The normalized spacial score (nSPS) is 16.9. The number of hydrogen-bond donors (Lipinski definition) is 2. The number of aliphatic hydroxyl groups excluding tert-OH is 1. The minimum atomic E-state index is -0.454. The Kier molecular flexibility index (Phi) is 4.32. The van der Waals surface area contributed by atoms with Crippen molar-refractivity contribution in [2.75, 3.05) is 6.54 Å². The second kappa shape index (κ2) is 4.47. The molecule has 2 unspecified atom stereocenters. The molecule has 0 amide bonds. The average Bonchev–Trinajstić information content (AvgIpc) is 1.88. The number of rotatable bonds is 4. The van der Waals surface area contributed by atoms with Crippen LogP contribution in [-0.4, -0.2) is 17.8 Å². The molecule has 0 aliphatic carbocycles. The minimum absolute atomic E-state index is 0.150. The van der Waals surface area contributed by atoms with E-state index in [2.05, 4.69) is 6.58 Å². The average molecular weight is 143 g/mol. The van der Waals surface area contributed by atoms with Crippen molar-refractivity contribution in [3.8, 4) is 0 Å². The third kappa shape index (κ3) is 2.50. The molecule has 0 radical (unpaired) electrons. The summed E-state index contributed by atoms with van der Waals surface area (Å²) in [7, 11) is 0. The first kappa shape index (κ1) is 9.66. The van der Waals surface area contributed by atoms with Gasteiger partial charge in [0.15, 0.2) is 0 Å². The first-order valence-corrected chi connectivity index (χ1v) is 3.64. The highest BCUT2D eigenvalue weighted by molar-refractivity contribution is 4.86. The maximum atomic E-state index is 9.29. The lowest BCUT2D eigenvalue weighted by Crippen LogP contribution is -2.30. The maximum Gasteiger partial charge on any atom is 0.0760 e. The van der Waals surface area contributed by atoms with Gasteiger partial charge in [0.2, 0.25) is 0 Å². The van der Waals surface area contributed by atoms with Gasteiger partial charge in [-0.1, -0.05) is 19.9 Å². The fraction of sp³-hybridized carbons (Fsp3) is 0.750. The van der Waals surface area contributed by atoms with Crippen LogP contribution in [0.1, 0.15) is 13.8 Å². The lowest BCUT2D eigenvalue weighted by Gasteiger charge is -2.21. The van der Waals surface area contributed by atoms with Crippen LogP contribution in [-0.2, 0) is 0 Å².